The van der Waals surface area contributed by atoms with Gasteiger partial charge in [-0.15, -0.1) is 28.3 Å². The van der Waals surface area contributed by atoms with Crippen LogP contribution in [0, 0.1) is 5.82 Å². The summed E-state index contributed by atoms with van der Waals surface area (Å²) >= 11 is 1.51. The molecule has 2 heterocycles. The molecule has 4 heteroatoms. The van der Waals surface area contributed by atoms with Crippen LogP contribution in [0.3, 0.4) is 0 Å². The first-order valence-corrected chi connectivity index (χ1v) is 6.67. The lowest BCUT2D eigenvalue weighted by molar-refractivity contribution is 0.370. The van der Waals surface area contributed by atoms with E-state index in [2.05, 4.69) is 23.4 Å². The minimum absolute atomic E-state index is 0. The second-order valence-corrected chi connectivity index (χ2v) is 5.39. The Kier molecular flexibility index (Phi) is 4.20. The van der Waals surface area contributed by atoms with E-state index in [0.29, 0.717) is 0 Å². The standard InChI is InChI=1S/C14H14FNS.BrH/c1-16-7-5-10(6-8-16)12-9-17-14-11(12)3-2-4-13(14)15;/h2-5,9H,6-8H2,1H3;1H. The summed E-state index contributed by atoms with van der Waals surface area (Å²) in [5.41, 5.74) is 2.58. The molecule has 0 fully saturated rings. The summed E-state index contributed by atoms with van der Waals surface area (Å²) in [6.07, 6.45) is 3.31. The highest BCUT2D eigenvalue weighted by Crippen LogP contribution is 2.34. The fourth-order valence-electron chi connectivity index (χ4n) is 2.29. The van der Waals surface area contributed by atoms with E-state index in [9.17, 15) is 4.39 Å². The quantitative estimate of drug-likeness (QED) is 0.753. The Bertz CT molecular complexity index is 590. The molecule has 1 aromatic carbocycles. The van der Waals surface area contributed by atoms with E-state index in [1.165, 1.54) is 28.5 Å². The molecule has 0 atom stereocenters. The summed E-state index contributed by atoms with van der Waals surface area (Å²) in [4.78, 5) is 2.29. The number of fused-ring (bicyclic) bond motifs is 1. The third-order valence-corrected chi connectivity index (χ3v) is 4.31. The highest BCUT2D eigenvalue weighted by atomic mass is 79.9. The molecule has 1 aromatic heterocycles. The van der Waals surface area contributed by atoms with E-state index in [1.807, 2.05) is 6.07 Å². The van der Waals surface area contributed by atoms with Crippen LogP contribution in [0.1, 0.15) is 12.0 Å². The van der Waals surface area contributed by atoms with Crippen LogP contribution < -0.4 is 0 Å². The summed E-state index contributed by atoms with van der Waals surface area (Å²) in [5, 5.41) is 3.15. The molecule has 0 unspecified atom stereocenters. The van der Waals surface area contributed by atoms with Gasteiger partial charge in [0, 0.05) is 18.5 Å². The third kappa shape index (κ3) is 2.37. The summed E-state index contributed by atoms with van der Waals surface area (Å²) in [5.74, 6) is -0.104. The first-order chi connectivity index (χ1) is 8.25. The zero-order chi connectivity index (χ0) is 11.8. The average molecular weight is 328 g/mol. The molecule has 0 saturated carbocycles. The van der Waals surface area contributed by atoms with Gasteiger partial charge in [-0.2, -0.15) is 0 Å². The van der Waals surface area contributed by atoms with Gasteiger partial charge in [0.05, 0.1) is 4.70 Å². The predicted octanol–water partition coefficient (Wildman–Crippen LogP) is 4.34. The SMILES string of the molecule is Br.CN1CC=C(c2csc3c(F)cccc23)CC1. The van der Waals surface area contributed by atoms with E-state index < -0.39 is 0 Å². The predicted molar refractivity (Wildman–Crippen MR) is 82.2 cm³/mol. The number of hydrogen-bond acceptors (Lipinski definition) is 2. The van der Waals surface area contributed by atoms with Gasteiger partial charge >= 0.3 is 0 Å². The summed E-state index contributed by atoms with van der Waals surface area (Å²) in [6.45, 7) is 2.07. The van der Waals surface area contributed by atoms with Crippen LogP contribution in [0.4, 0.5) is 4.39 Å². The van der Waals surface area contributed by atoms with E-state index in [4.69, 9.17) is 0 Å². The van der Waals surface area contributed by atoms with E-state index in [-0.39, 0.29) is 22.8 Å². The van der Waals surface area contributed by atoms with Crippen LogP contribution in [-0.4, -0.2) is 25.0 Å². The third-order valence-electron chi connectivity index (χ3n) is 3.31. The fraction of sp³-hybridized carbons (Fsp3) is 0.286. The topological polar surface area (TPSA) is 3.24 Å². The first-order valence-electron chi connectivity index (χ1n) is 5.79. The zero-order valence-electron chi connectivity index (χ0n) is 10.1. The lowest BCUT2D eigenvalue weighted by Gasteiger charge is -2.21. The summed E-state index contributed by atoms with van der Waals surface area (Å²) in [6, 6.07) is 5.35. The molecular formula is C14H15BrFNS. The van der Waals surface area contributed by atoms with Crippen molar-refractivity contribution in [1.82, 2.24) is 4.90 Å². The molecule has 0 radical (unpaired) electrons. The Morgan fingerprint density at radius 2 is 2.17 bits per heavy atom. The van der Waals surface area contributed by atoms with Crippen molar-refractivity contribution in [3.8, 4) is 0 Å². The molecule has 2 aromatic rings. The lowest BCUT2D eigenvalue weighted by Crippen LogP contribution is -2.23. The smallest absolute Gasteiger partial charge is 0.141 e. The van der Waals surface area contributed by atoms with Gasteiger partial charge in [0.1, 0.15) is 5.82 Å². The molecule has 0 spiro atoms. The van der Waals surface area contributed by atoms with Gasteiger partial charge < -0.3 is 4.90 Å². The van der Waals surface area contributed by atoms with Crippen LogP contribution in [0.5, 0.6) is 0 Å². The molecule has 3 rings (SSSR count). The highest BCUT2D eigenvalue weighted by molar-refractivity contribution is 8.93. The Balaban J connectivity index is 0.00000120. The first kappa shape index (κ1) is 13.7. The molecule has 96 valence electrons. The molecule has 0 N–H and O–H groups in total. The van der Waals surface area contributed by atoms with Gasteiger partial charge in [-0.25, -0.2) is 4.39 Å². The minimum Gasteiger partial charge on any atom is -0.302 e. The largest absolute Gasteiger partial charge is 0.302 e. The monoisotopic (exact) mass is 327 g/mol. The minimum atomic E-state index is -0.104. The Hall–Kier alpha value is -0.710. The zero-order valence-corrected chi connectivity index (χ0v) is 12.7. The van der Waals surface area contributed by atoms with Crippen molar-refractivity contribution in [2.75, 3.05) is 20.1 Å². The van der Waals surface area contributed by atoms with Crippen LogP contribution in [0.25, 0.3) is 15.7 Å². The molecule has 0 saturated heterocycles. The van der Waals surface area contributed by atoms with Crippen LogP contribution in [0.2, 0.25) is 0 Å². The molecule has 0 bridgehead atoms. The molecule has 0 amide bonds. The van der Waals surface area contributed by atoms with E-state index in [0.717, 1.165) is 29.6 Å². The van der Waals surface area contributed by atoms with Gasteiger partial charge in [-0.3, -0.25) is 0 Å². The van der Waals surface area contributed by atoms with Gasteiger partial charge in [0.15, 0.2) is 0 Å². The van der Waals surface area contributed by atoms with Crippen molar-refractivity contribution in [3.05, 3.63) is 41.0 Å². The van der Waals surface area contributed by atoms with Gasteiger partial charge in [-0.1, -0.05) is 18.2 Å². The van der Waals surface area contributed by atoms with Crippen molar-refractivity contribution in [1.29, 1.82) is 0 Å². The number of thiophene rings is 1. The van der Waals surface area contributed by atoms with Crippen molar-refractivity contribution in [2.45, 2.75) is 6.42 Å². The fourth-order valence-corrected chi connectivity index (χ4v) is 3.29. The molecule has 1 aliphatic rings. The Labute approximate surface area is 121 Å². The number of nitrogens with zero attached hydrogens (tertiary/aromatic N) is 1. The maximum atomic E-state index is 13.6. The van der Waals surface area contributed by atoms with Crippen molar-refractivity contribution in [3.63, 3.8) is 0 Å². The normalized spacial score (nSPS) is 16.4. The summed E-state index contributed by atoms with van der Waals surface area (Å²) < 4.78 is 14.4. The van der Waals surface area contributed by atoms with E-state index in [1.54, 1.807) is 6.07 Å². The maximum Gasteiger partial charge on any atom is 0.141 e. The van der Waals surface area contributed by atoms with Crippen molar-refractivity contribution >= 4 is 44.0 Å². The van der Waals surface area contributed by atoms with Crippen LogP contribution in [-0.2, 0) is 0 Å². The average Bonchev–Trinajstić information content (AvgIpc) is 2.75. The molecule has 0 aliphatic carbocycles. The van der Waals surface area contributed by atoms with Gasteiger partial charge in [-0.05, 0) is 36.1 Å². The van der Waals surface area contributed by atoms with Crippen molar-refractivity contribution in [2.24, 2.45) is 0 Å². The highest BCUT2D eigenvalue weighted by Gasteiger charge is 2.14. The molecular weight excluding hydrogens is 313 g/mol. The number of benzene rings is 1. The van der Waals surface area contributed by atoms with Crippen LogP contribution >= 0.6 is 28.3 Å². The second-order valence-electron chi connectivity index (χ2n) is 4.51. The number of rotatable bonds is 1. The number of hydrogen-bond donors (Lipinski definition) is 0. The molecule has 1 aliphatic heterocycles. The van der Waals surface area contributed by atoms with Crippen molar-refractivity contribution < 1.29 is 4.39 Å². The lowest BCUT2D eigenvalue weighted by atomic mass is 9.99. The summed E-state index contributed by atoms with van der Waals surface area (Å²) in [7, 11) is 2.12. The number of likely N-dealkylation sites (N-methyl/N-ethyl adjacent to an activating group) is 1. The maximum absolute atomic E-state index is 13.6. The van der Waals surface area contributed by atoms with E-state index >= 15 is 0 Å². The molecule has 18 heavy (non-hydrogen) atoms. The Morgan fingerprint density at radius 1 is 1.33 bits per heavy atom. The van der Waals surface area contributed by atoms with Crippen LogP contribution in [0.15, 0.2) is 29.7 Å². The van der Waals surface area contributed by atoms with Gasteiger partial charge in [0.2, 0.25) is 0 Å². The second kappa shape index (κ2) is 5.51. The number of halogens is 2. The van der Waals surface area contributed by atoms with Gasteiger partial charge in [0.25, 0.3) is 0 Å². The Morgan fingerprint density at radius 3 is 2.89 bits per heavy atom. The molecule has 1 nitrogen and oxygen atoms in total.